The Morgan fingerprint density at radius 1 is 0.867 bits per heavy atom. The van der Waals surface area contributed by atoms with E-state index in [1.165, 1.54) is 0 Å². The third-order valence-corrected chi connectivity index (χ3v) is 7.47. The van der Waals surface area contributed by atoms with Crippen LogP contribution in [0.15, 0.2) is 77.8 Å². The molecule has 152 valence electrons. The Labute approximate surface area is 175 Å². The fraction of sp³-hybridized carbons (Fsp3) is 0.217. The van der Waals surface area contributed by atoms with Gasteiger partial charge in [0.2, 0.25) is 15.9 Å². The summed E-state index contributed by atoms with van der Waals surface area (Å²) in [5.41, 5.74) is 0. The Hall–Kier alpha value is -3.03. The van der Waals surface area contributed by atoms with Crippen molar-refractivity contribution < 1.29 is 13.2 Å². The molecule has 3 aromatic carbocycles. The standard InChI is InChI=1S/C23H21N3O3S/c27-30(28,21-10-9-17-5-1-2-6-18(17)15-21)26-13-11-20(12-14-26)29-23-22-8-4-3-7-19(22)16-24-25-23/h1-10,15-16,20H,11-14H2. The molecule has 1 fully saturated rings. The molecular formula is C23H21N3O3S. The van der Waals surface area contributed by atoms with Crippen LogP contribution in [0.3, 0.4) is 0 Å². The molecule has 0 N–H and O–H groups in total. The van der Waals surface area contributed by atoms with E-state index in [2.05, 4.69) is 10.2 Å². The summed E-state index contributed by atoms with van der Waals surface area (Å²) in [6.45, 7) is 0.829. The number of nitrogens with zero attached hydrogens (tertiary/aromatic N) is 3. The lowest BCUT2D eigenvalue weighted by Gasteiger charge is -2.31. The summed E-state index contributed by atoms with van der Waals surface area (Å²) in [5, 5.41) is 12.0. The van der Waals surface area contributed by atoms with Crippen molar-refractivity contribution in [2.24, 2.45) is 0 Å². The molecule has 1 saturated heterocycles. The van der Waals surface area contributed by atoms with E-state index in [0.717, 1.165) is 21.5 Å². The number of aromatic nitrogens is 2. The molecule has 0 radical (unpaired) electrons. The van der Waals surface area contributed by atoms with E-state index in [9.17, 15) is 8.42 Å². The number of benzene rings is 3. The molecule has 30 heavy (non-hydrogen) atoms. The number of fused-ring (bicyclic) bond motifs is 2. The minimum absolute atomic E-state index is 0.0897. The second kappa shape index (κ2) is 7.66. The van der Waals surface area contributed by atoms with Crippen molar-refractivity contribution in [1.29, 1.82) is 0 Å². The van der Waals surface area contributed by atoms with Crippen molar-refractivity contribution in [3.63, 3.8) is 0 Å². The Bertz CT molecular complexity index is 1310. The molecule has 7 heteroatoms. The van der Waals surface area contributed by atoms with Gasteiger partial charge in [-0.05, 0) is 41.8 Å². The topological polar surface area (TPSA) is 72.4 Å². The fourth-order valence-corrected chi connectivity index (χ4v) is 5.42. The van der Waals surface area contributed by atoms with Gasteiger partial charge < -0.3 is 4.74 Å². The quantitative estimate of drug-likeness (QED) is 0.500. The van der Waals surface area contributed by atoms with Gasteiger partial charge in [-0.3, -0.25) is 0 Å². The van der Waals surface area contributed by atoms with Gasteiger partial charge in [0.05, 0.1) is 11.1 Å². The molecule has 0 spiro atoms. The van der Waals surface area contributed by atoms with E-state index in [1.807, 2.05) is 54.6 Å². The molecule has 0 saturated carbocycles. The van der Waals surface area contributed by atoms with Crippen LogP contribution in [0.5, 0.6) is 5.88 Å². The minimum Gasteiger partial charge on any atom is -0.473 e. The highest BCUT2D eigenvalue weighted by Gasteiger charge is 2.30. The van der Waals surface area contributed by atoms with Gasteiger partial charge in [-0.25, -0.2) is 8.42 Å². The monoisotopic (exact) mass is 419 g/mol. The first-order valence-electron chi connectivity index (χ1n) is 9.97. The minimum atomic E-state index is -3.53. The van der Waals surface area contributed by atoms with Crippen LogP contribution in [0, 0.1) is 0 Å². The molecule has 4 aromatic rings. The van der Waals surface area contributed by atoms with Gasteiger partial charge in [0.1, 0.15) is 6.10 Å². The van der Waals surface area contributed by atoms with Gasteiger partial charge in [-0.2, -0.15) is 9.40 Å². The molecule has 0 unspecified atom stereocenters. The van der Waals surface area contributed by atoms with Crippen molar-refractivity contribution in [1.82, 2.24) is 14.5 Å². The van der Waals surface area contributed by atoms with E-state index >= 15 is 0 Å². The van der Waals surface area contributed by atoms with Crippen molar-refractivity contribution in [3.05, 3.63) is 72.9 Å². The molecule has 1 aliphatic rings. The molecule has 6 nitrogen and oxygen atoms in total. The molecule has 0 atom stereocenters. The summed E-state index contributed by atoms with van der Waals surface area (Å²) in [5.74, 6) is 0.504. The highest BCUT2D eigenvalue weighted by molar-refractivity contribution is 7.89. The lowest BCUT2D eigenvalue weighted by molar-refractivity contribution is 0.130. The highest BCUT2D eigenvalue weighted by Crippen LogP contribution is 2.28. The number of ether oxygens (including phenoxy) is 1. The second-order valence-corrected chi connectivity index (χ2v) is 9.41. The molecular weight excluding hydrogens is 398 g/mol. The van der Waals surface area contributed by atoms with Crippen LogP contribution < -0.4 is 4.74 Å². The summed E-state index contributed by atoms with van der Waals surface area (Å²) < 4.78 is 33.9. The van der Waals surface area contributed by atoms with Crippen LogP contribution in [0.1, 0.15) is 12.8 Å². The maximum Gasteiger partial charge on any atom is 0.243 e. The number of rotatable bonds is 4. The summed E-state index contributed by atoms with van der Waals surface area (Å²) >= 11 is 0. The van der Waals surface area contributed by atoms with Crippen molar-refractivity contribution >= 4 is 31.6 Å². The molecule has 1 aliphatic heterocycles. The van der Waals surface area contributed by atoms with E-state index in [4.69, 9.17) is 4.74 Å². The molecule has 0 aliphatic carbocycles. The average molecular weight is 420 g/mol. The first kappa shape index (κ1) is 19.0. The first-order chi connectivity index (χ1) is 14.6. The van der Waals surface area contributed by atoms with Crippen molar-refractivity contribution in [3.8, 4) is 5.88 Å². The van der Waals surface area contributed by atoms with E-state index < -0.39 is 10.0 Å². The number of hydrogen-bond donors (Lipinski definition) is 0. The summed E-state index contributed by atoms with van der Waals surface area (Å²) in [4.78, 5) is 0.334. The number of hydrogen-bond acceptors (Lipinski definition) is 5. The molecule has 5 rings (SSSR count). The van der Waals surface area contributed by atoms with Gasteiger partial charge >= 0.3 is 0 Å². The molecule has 0 amide bonds. The van der Waals surface area contributed by atoms with Gasteiger partial charge in [0.15, 0.2) is 0 Å². The van der Waals surface area contributed by atoms with Crippen molar-refractivity contribution in [2.45, 2.75) is 23.8 Å². The zero-order valence-electron chi connectivity index (χ0n) is 16.3. The largest absolute Gasteiger partial charge is 0.473 e. The summed E-state index contributed by atoms with van der Waals surface area (Å²) in [6.07, 6.45) is 2.84. The Morgan fingerprint density at radius 2 is 1.57 bits per heavy atom. The van der Waals surface area contributed by atoms with E-state index in [-0.39, 0.29) is 6.10 Å². The van der Waals surface area contributed by atoms with Gasteiger partial charge in [-0.1, -0.05) is 48.5 Å². The fourth-order valence-electron chi connectivity index (χ4n) is 3.91. The Morgan fingerprint density at radius 3 is 2.37 bits per heavy atom. The average Bonchev–Trinajstić information content (AvgIpc) is 2.79. The molecule has 1 aromatic heterocycles. The van der Waals surface area contributed by atoms with Gasteiger partial charge in [-0.15, -0.1) is 5.10 Å². The lowest BCUT2D eigenvalue weighted by atomic mass is 10.1. The van der Waals surface area contributed by atoms with Gasteiger partial charge in [0.25, 0.3) is 0 Å². The highest BCUT2D eigenvalue weighted by atomic mass is 32.2. The van der Waals surface area contributed by atoms with Crippen LogP contribution in [0.4, 0.5) is 0 Å². The van der Waals surface area contributed by atoms with Crippen LogP contribution in [0.2, 0.25) is 0 Å². The zero-order valence-corrected chi connectivity index (χ0v) is 17.1. The maximum atomic E-state index is 13.1. The number of piperidine rings is 1. The third kappa shape index (κ3) is 3.51. The zero-order chi connectivity index (χ0) is 20.6. The number of sulfonamides is 1. The summed E-state index contributed by atoms with van der Waals surface area (Å²) in [7, 11) is -3.53. The second-order valence-electron chi connectivity index (χ2n) is 7.47. The van der Waals surface area contributed by atoms with Crippen molar-refractivity contribution in [2.75, 3.05) is 13.1 Å². The Balaban J connectivity index is 1.31. The molecule has 0 bridgehead atoms. The molecule has 2 heterocycles. The van der Waals surface area contributed by atoms with Crippen LogP contribution in [0.25, 0.3) is 21.5 Å². The maximum absolute atomic E-state index is 13.1. The predicted molar refractivity (Wildman–Crippen MR) is 116 cm³/mol. The summed E-state index contributed by atoms with van der Waals surface area (Å²) in [6, 6.07) is 20.9. The van der Waals surface area contributed by atoms with Crippen LogP contribution in [-0.2, 0) is 10.0 Å². The van der Waals surface area contributed by atoms with E-state index in [1.54, 1.807) is 22.6 Å². The SMILES string of the molecule is O=S(=O)(c1ccc2ccccc2c1)N1CCC(Oc2nncc3ccccc23)CC1. The van der Waals surface area contributed by atoms with Crippen LogP contribution >= 0.6 is 0 Å². The van der Waals surface area contributed by atoms with E-state index in [0.29, 0.717) is 36.7 Å². The van der Waals surface area contributed by atoms with Crippen LogP contribution in [-0.4, -0.2) is 42.1 Å². The normalized spacial score (nSPS) is 16.1. The lowest BCUT2D eigenvalue weighted by Crippen LogP contribution is -2.41. The predicted octanol–water partition coefficient (Wildman–Crippen LogP) is 4.02. The third-order valence-electron chi connectivity index (χ3n) is 5.57. The Kier molecular flexibility index (Phi) is 4.84. The first-order valence-corrected chi connectivity index (χ1v) is 11.4. The smallest absolute Gasteiger partial charge is 0.243 e. The van der Waals surface area contributed by atoms with Gasteiger partial charge in [0, 0.05) is 23.9 Å².